The van der Waals surface area contributed by atoms with Crippen molar-refractivity contribution < 1.29 is 18.3 Å². The average molecular weight is 209 g/mol. The van der Waals surface area contributed by atoms with Gasteiger partial charge in [0, 0.05) is 13.2 Å². The molecule has 1 unspecified atom stereocenters. The smallest absolute Gasteiger partial charge is 0.396 e. The lowest BCUT2D eigenvalue weighted by atomic mass is 10.1. The van der Waals surface area contributed by atoms with Gasteiger partial charge in [-0.2, -0.15) is 13.2 Å². The van der Waals surface area contributed by atoms with Crippen LogP contribution < -0.4 is 0 Å². The molecule has 14 heavy (non-hydrogen) atoms. The van der Waals surface area contributed by atoms with Gasteiger partial charge < -0.3 is 5.11 Å². The minimum atomic E-state index is -4.10. The van der Waals surface area contributed by atoms with Gasteiger partial charge in [-0.3, -0.25) is 4.90 Å². The van der Waals surface area contributed by atoms with Crippen LogP contribution in [0.4, 0.5) is 13.2 Å². The predicted octanol–water partition coefficient (Wildman–Crippen LogP) is 1.40. The average Bonchev–Trinajstić information content (AvgIpc) is 2.79. The maximum Gasteiger partial charge on any atom is 0.406 e. The Morgan fingerprint density at radius 2 is 2.00 bits per heavy atom. The summed E-state index contributed by atoms with van der Waals surface area (Å²) in [7, 11) is 0. The molecule has 2 nitrogen and oxygen atoms in total. The Labute approximate surface area is 80.7 Å². The maximum atomic E-state index is 12.7. The summed E-state index contributed by atoms with van der Waals surface area (Å²) in [4.78, 5) is 1.51. The summed E-state index contributed by atoms with van der Waals surface area (Å²) < 4.78 is 38.0. The lowest BCUT2D eigenvalue weighted by molar-refractivity contribution is -0.193. The standard InChI is InChI=1S/C9H14F3NO/c10-9(11,12)8(2-3-8)13-4-1-7(5-13)6-14/h7,14H,1-6H2. The molecule has 1 N–H and O–H groups in total. The second-order valence-electron chi connectivity index (χ2n) is 4.31. The molecule has 0 spiro atoms. The quantitative estimate of drug-likeness (QED) is 0.743. The van der Waals surface area contributed by atoms with Crippen LogP contribution in [0.3, 0.4) is 0 Å². The van der Waals surface area contributed by atoms with Crippen LogP contribution >= 0.6 is 0 Å². The molecule has 0 radical (unpaired) electrons. The van der Waals surface area contributed by atoms with Crippen molar-refractivity contribution in [3.8, 4) is 0 Å². The molecule has 1 saturated heterocycles. The molecule has 0 aromatic rings. The Morgan fingerprint density at radius 1 is 1.36 bits per heavy atom. The van der Waals surface area contributed by atoms with Crippen molar-refractivity contribution in [1.29, 1.82) is 0 Å². The number of likely N-dealkylation sites (tertiary alicyclic amines) is 1. The normalized spacial score (nSPS) is 32.1. The number of aliphatic hydroxyl groups excluding tert-OH is 1. The van der Waals surface area contributed by atoms with Gasteiger partial charge in [-0.15, -0.1) is 0 Å². The van der Waals surface area contributed by atoms with Crippen molar-refractivity contribution in [3.63, 3.8) is 0 Å². The van der Waals surface area contributed by atoms with Crippen LogP contribution in [0.1, 0.15) is 19.3 Å². The number of rotatable bonds is 2. The van der Waals surface area contributed by atoms with E-state index in [1.165, 1.54) is 4.90 Å². The molecular formula is C9H14F3NO. The van der Waals surface area contributed by atoms with Crippen molar-refractivity contribution in [2.45, 2.75) is 31.0 Å². The highest BCUT2D eigenvalue weighted by Crippen LogP contribution is 2.54. The van der Waals surface area contributed by atoms with Crippen LogP contribution in [0.25, 0.3) is 0 Å². The van der Waals surface area contributed by atoms with E-state index in [9.17, 15) is 13.2 Å². The van der Waals surface area contributed by atoms with Crippen LogP contribution in [0, 0.1) is 5.92 Å². The summed E-state index contributed by atoms with van der Waals surface area (Å²) in [5, 5.41) is 8.86. The van der Waals surface area contributed by atoms with Crippen LogP contribution in [-0.4, -0.2) is 41.4 Å². The molecule has 2 rings (SSSR count). The van der Waals surface area contributed by atoms with Gasteiger partial charge in [0.05, 0.1) is 0 Å². The number of aliphatic hydroxyl groups is 1. The van der Waals surface area contributed by atoms with Crippen LogP contribution in [0.5, 0.6) is 0 Å². The third kappa shape index (κ3) is 1.42. The van der Waals surface area contributed by atoms with Gasteiger partial charge in [-0.05, 0) is 31.7 Å². The van der Waals surface area contributed by atoms with Crippen molar-refractivity contribution >= 4 is 0 Å². The number of halogens is 3. The summed E-state index contributed by atoms with van der Waals surface area (Å²) in [5.41, 5.74) is -1.53. The van der Waals surface area contributed by atoms with E-state index in [0.717, 1.165) is 0 Å². The first-order valence-electron chi connectivity index (χ1n) is 4.92. The predicted molar refractivity (Wildman–Crippen MR) is 44.8 cm³/mol. The third-order valence-electron chi connectivity index (χ3n) is 3.40. The fourth-order valence-corrected chi connectivity index (χ4v) is 2.27. The second-order valence-corrected chi connectivity index (χ2v) is 4.31. The summed E-state index contributed by atoms with van der Waals surface area (Å²) >= 11 is 0. The highest BCUT2D eigenvalue weighted by Gasteiger charge is 2.67. The number of hydrogen-bond donors (Lipinski definition) is 1. The van der Waals surface area contributed by atoms with Crippen LogP contribution in [0.2, 0.25) is 0 Å². The van der Waals surface area contributed by atoms with E-state index in [1.807, 2.05) is 0 Å². The molecule has 1 heterocycles. The molecule has 2 aliphatic rings. The molecule has 1 aliphatic carbocycles. The SMILES string of the molecule is OCC1CCN(C2(C(F)(F)F)CC2)C1. The lowest BCUT2D eigenvalue weighted by Gasteiger charge is -2.29. The van der Waals surface area contributed by atoms with Gasteiger partial charge in [0.15, 0.2) is 0 Å². The van der Waals surface area contributed by atoms with E-state index in [4.69, 9.17) is 5.11 Å². The van der Waals surface area contributed by atoms with Gasteiger partial charge in [0.1, 0.15) is 5.54 Å². The lowest BCUT2D eigenvalue weighted by Crippen LogP contribution is -2.47. The molecule has 1 atom stereocenters. The monoisotopic (exact) mass is 209 g/mol. The number of nitrogens with zero attached hydrogens (tertiary/aromatic N) is 1. The fraction of sp³-hybridized carbons (Fsp3) is 1.00. The molecule has 5 heteroatoms. The Kier molecular flexibility index (Phi) is 2.27. The Hall–Kier alpha value is -0.290. The zero-order valence-corrected chi connectivity index (χ0v) is 7.85. The minimum absolute atomic E-state index is 0.00440. The summed E-state index contributed by atoms with van der Waals surface area (Å²) in [6, 6.07) is 0. The first-order valence-corrected chi connectivity index (χ1v) is 4.92. The largest absolute Gasteiger partial charge is 0.406 e. The van der Waals surface area contributed by atoms with E-state index in [1.54, 1.807) is 0 Å². The number of alkyl halides is 3. The van der Waals surface area contributed by atoms with E-state index in [2.05, 4.69) is 0 Å². The van der Waals surface area contributed by atoms with Crippen molar-refractivity contribution in [2.75, 3.05) is 19.7 Å². The Morgan fingerprint density at radius 3 is 2.36 bits per heavy atom. The van der Waals surface area contributed by atoms with Crippen molar-refractivity contribution in [3.05, 3.63) is 0 Å². The van der Waals surface area contributed by atoms with E-state index in [0.29, 0.717) is 19.5 Å². The maximum absolute atomic E-state index is 12.7. The van der Waals surface area contributed by atoms with E-state index in [-0.39, 0.29) is 25.4 Å². The zero-order chi connectivity index (χ0) is 10.4. The van der Waals surface area contributed by atoms with E-state index >= 15 is 0 Å². The highest BCUT2D eigenvalue weighted by atomic mass is 19.4. The van der Waals surface area contributed by atoms with Gasteiger partial charge >= 0.3 is 6.18 Å². The van der Waals surface area contributed by atoms with Gasteiger partial charge in [-0.25, -0.2) is 0 Å². The van der Waals surface area contributed by atoms with Gasteiger partial charge in [0.25, 0.3) is 0 Å². The third-order valence-corrected chi connectivity index (χ3v) is 3.40. The molecule has 0 aromatic heterocycles. The molecule has 0 aromatic carbocycles. The molecule has 2 fully saturated rings. The molecular weight excluding hydrogens is 195 g/mol. The fourth-order valence-electron chi connectivity index (χ4n) is 2.27. The molecule has 1 aliphatic heterocycles. The minimum Gasteiger partial charge on any atom is -0.396 e. The summed E-state index contributed by atoms with van der Waals surface area (Å²) in [6.07, 6.45) is -2.95. The highest BCUT2D eigenvalue weighted by molar-refractivity contribution is 5.10. The molecule has 0 amide bonds. The molecule has 0 bridgehead atoms. The van der Waals surface area contributed by atoms with Gasteiger partial charge in [0.2, 0.25) is 0 Å². The Bertz CT molecular complexity index is 225. The number of hydrogen-bond acceptors (Lipinski definition) is 2. The van der Waals surface area contributed by atoms with Crippen molar-refractivity contribution in [1.82, 2.24) is 4.90 Å². The van der Waals surface area contributed by atoms with Gasteiger partial charge in [-0.1, -0.05) is 0 Å². The van der Waals surface area contributed by atoms with Crippen molar-refractivity contribution in [2.24, 2.45) is 5.92 Å². The first kappa shape index (κ1) is 10.2. The summed E-state index contributed by atoms with van der Waals surface area (Å²) in [6.45, 7) is 0.880. The van der Waals surface area contributed by atoms with E-state index < -0.39 is 11.7 Å². The second kappa shape index (κ2) is 3.10. The van der Waals surface area contributed by atoms with Crippen LogP contribution in [0.15, 0.2) is 0 Å². The summed E-state index contributed by atoms with van der Waals surface area (Å²) in [5.74, 6) is 0.0369. The first-order chi connectivity index (χ1) is 6.49. The molecule has 1 saturated carbocycles. The topological polar surface area (TPSA) is 23.5 Å². The zero-order valence-electron chi connectivity index (χ0n) is 7.85. The van der Waals surface area contributed by atoms with Crippen LogP contribution in [-0.2, 0) is 0 Å². The molecule has 82 valence electrons. The Balaban J connectivity index is 2.03.